The summed E-state index contributed by atoms with van der Waals surface area (Å²) < 4.78 is 0.854. The summed E-state index contributed by atoms with van der Waals surface area (Å²) in [6, 6.07) is 5.34. The minimum Gasteiger partial charge on any atom is -0.481 e. The molecule has 0 aliphatic heterocycles. The van der Waals surface area contributed by atoms with E-state index in [1.807, 2.05) is 13.0 Å². The van der Waals surface area contributed by atoms with E-state index in [0.717, 1.165) is 10.0 Å². The standard InChI is InChI=1S/C13H16BrNO3/c1-8-9(5-4-6-10(8)14)11(16)15-7-13(2,3)12(17)18/h4-6H,7H2,1-3H3,(H,15,16)(H,17,18). The number of carboxylic acid groups (broad SMARTS) is 1. The summed E-state index contributed by atoms with van der Waals surface area (Å²) in [5.74, 6) is -1.20. The van der Waals surface area contributed by atoms with Gasteiger partial charge in [0.15, 0.2) is 0 Å². The third-order valence-corrected chi connectivity index (χ3v) is 3.64. The number of benzene rings is 1. The molecule has 0 saturated heterocycles. The van der Waals surface area contributed by atoms with Crippen molar-refractivity contribution < 1.29 is 14.7 Å². The Morgan fingerprint density at radius 3 is 2.56 bits per heavy atom. The van der Waals surface area contributed by atoms with Crippen molar-refractivity contribution in [2.45, 2.75) is 20.8 Å². The van der Waals surface area contributed by atoms with Crippen LogP contribution in [0, 0.1) is 12.3 Å². The molecule has 0 atom stereocenters. The minimum absolute atomic E-state index is 0.0904. The number of amides is 1. The highest BCUT2D eigenvalue weighted by Crippen LogP contribution is 2.20. The van der Waals surface area contributed by atoms with E-state index in [4.69, 9.17) is 5.11 Å². The smallest absolute Gasteiger partial charge is 0.310 e. The topological polar surface area (TPSA) is 66.4 Å². The molecule has 1 aromatic carbocycles. The number of aliphatic carboxylic acids is 1. The number of carboxylic acids is 1. The Kier molecular flexibility index (Phi) is 4.51. The van der Waals surface area contributed by atoms with Crippen molar-refractivity contribution in [3.63, 3.8) is 0 Å². The van der Waals surface area contributed by atoms with Crippen LogP contribution in [0.15, 0.2) is 22.7 Å². The van der Waals surface area contributed by atoms with Crippen molar-refractivity contribution in [2.24, 2.45) is 5.41 Å². The summed E-state index contributed by atoms with van der Waals surface area (Å²) in [7, 11) is 0. The van der Waals surface area contributed by atoms with Gasteiger partial charge in [-0.05, 0) is 38.5 Å². The molecule has 0 fully saturated rings. The zero-order chi connectivity index (χ0) is 13.9. The lowest BCUT2D eigenvalue weighted by atomic mass is 9.93. The SMILES string of the molecule is Cc1c(Br)cccc1C(=O)NCC(C)(C)C(=O)O. The second kappa shape index (κ2) is 5.52. The highest BCUT2D eigenvalue weighted by molar-refractivity contribution is 9.10. The highest BCUT2D eigenvalue weighted by Gasteiger charge is 2.27. The Bertz CT molecular complexity index is 483. The molecule has 0 unspecified atom stereocenters. The predicted octanol–water partition coefficient (Wildman–Crippen LogP) is 2.60. The molecule has 1 aromatic rings. The van der Waals surface area contributed by atoms with Crippen molar-refractivity contribution in [1.82, 2.24) is 5.32 Å². The van der Waals surface area contributed by atoms with Crippen LogP contribution in [0.25, 0.3) is 0 Å². The van der Waals surface area contributed by atoms with E-state index in [2.05, 4.69) is 21.2 Å². The van der Waals surface area contributed by atoms with E-state index in [1.165, 1.54) is 0 Å². The van der Waals surface area contributed by atoms with E-state index < -0.39 is 11.4 Å². The normalized spacial score (nSPS) is 11.1. The Labute approximate surface area is 115 Å². The summed E-state index contributed by atoms with van der Waals surface area (Å²) in [6.07, 6.45) is 0. The van der Waals surface area contributed by atoms with E-state index in [-0.39, 0.29) is 12.5 Å². The third-order valence-electron chi connectivity index (χ3n) is 2.78. The van der Waals surface area contributed by atoms with Gasteiger partial charge in [-0.15, -0.1) is 0 Å². The maximum atomic E-state index is 12.0. The fourth-order valence-electron chi connectivity index (χ4n) is 1.33. The first kappa shape index (κ1) is 14.7. The van der Waals surface area contributed by atoms with Gasteiger partial charge in [-0.25, -0.2) is 0 Å². The van der Waals surface area contributed by atoms with Crippen LogP contribution in [0.1, 0.15) is 29.8 Å². The van der Waals surface area contributed by atoms with Crippen molar-refractivity contribution in [2.75, 3.05) is 6.54 Å². The number of rotatable bonds is 4. The Hall–Kier alpha value is -1.36. The molecule has 1 rings (SSSR count). The largest absolute Gasteiger partial charge is 0.481 e. The molecule has 0 aliphatic rings. The van der Waals surface area contributed by atoms with Crippen LogP contribution in [0.5, 0.6) is 0 Å². The second-order valence-electron chi connectivity index (χ2n) is 4.78. The van der Waals surface area contributed by atoms with Gasteiger partial charge in [-0.1, -0.05) is 22.0 Å². The number of hydrogen-bond acceptors (Lipinski definition) is 2. The van der Waals surface area contributed by atoms with Gasteiger partial charge in [0.2, 0.25) is 0 Å². The van der Waals surface area contributed by atoms with Gasteiger partial charge in [0.1, 0.15) is 0 Å². The van der Waals surface area contributed by atoms with Crippen molar-refractivity contribution in [3.8, 4) is 0 Å². The Morgan fingerprint density at radius 2 is 2.00 bits per heavy atom. The number of nitrogens with one attached hydrogen (secondary N) is 1. The van der Waals surface area contributed by atoms with Gasteiger partial charge in [-0.3, -0.25) is 9.59 Å². The molecule has 5 heteroatoms. The summed E-state index contributed by atoms with van der Waals surface area (Å²) >= 11 is 3.35. The number of halogens is 1. The molecule has 1 amide bonds. The number of carbonyl (C=O) groups excluding carboxylic acids is 1. The number of hydrogen-bond donors (Lipinski definition) is 2. The zero-order valence-corrected chi connectivity index (χ0v) is 12.2. The van der Waals surface area contributed by atoms with E-state index >= 15 is 0 Å². The first-order valence-corrected chi connectivity index (χ1v) is 6.31. The number of carbonyl (C=O) groups is 2. The van der Waals surface area contributed by atoms with Gasteiger partial charge in [0.25, 0.3) is 5.91 Å². The first-order chi connectivity index (χ1) is 8.25. The van der Waals surface area contributed by atoms with Gasteiger partial charge < -0.3 is 10.4 Å². The quantitative estimate of drug-likeness (QED) is 0.898. The Morgan fingerprint density at radius 1 is 1.39 bits per heavy atom. The fraction of sp³-hybridized carbons (Fsp3) is 0.385. The lowest BCUT2D eigenvalue weighted by Gasteiger charge is -2.19. The molecule has 2 N–H and O–H groups in total. The van der Waals surface area contributed by atoms with Crippen LogP contribution >= 0.6 is 15.9 Å². The zero-order valence-electron chi connectivity index (χ0n) is 10.6. The molecule has 0 radical (unpaired) electrons. The molecular weight excluding hydrogens is 298 g/mol. The highest BCUT2D eigenvalue weighted by atomic mass is 79.9. The summed E-state index contributed by atoms with van der Waals surface area (Å²) in [4.78, 5) is 22.9. The Balaban J connectivity index is 2.78. The average molecular weight is 314 g/mol. The van der Waals surface area contributed by atoms with Crippen molar-refractivity contribution in [3.05, 3.63) is 33.8 Å². The predicted molar refractivity (Wildman–Crippen MR) is 72.6 cm³/mol. The fourth-order valence-corrected chi connectivity index (χ4v) is 1.69. The lowest BCUT2D eigenvalue weighted by Crippen LogP contribution is -2.39. The van der Waals surface area contributed by atoms with E-state index in [1.54, 1.807) is 26.0 Å². The molecule has 0 saturated carbocycles. The molecule has 98 valence electrons. The third kappa shape index (κ3) is 3.32. The van der Waals surface area contributed by atoms with Crippen LogP contribution in [0.4, 0.5) is 0 Å². The van der Waals surface area contributed by atoms with E-state index in [9.17, 15) is 9.59 Å². The monoisotopic (exact) mass is 313 g/mol. The summed E-state index contributed by atoms with van der Waals surface area (Å²) in [5.41, 5.74) is 0.406. The molecule has 0 aromatic heterocycles. The molecule has 0 bridgehead atoms. The molecule has 0 heterocycles. The molecule has 18 heavy (non-hydrogen) atoms. The minimum atomic E-state index is -0.977. The molecule has 0 spiro atoms. The summed E-state index contributed by atoms with van der Waals surface area (Å²) in [6.45, 7) is 5.07. The maximum absolute atomic E-state index is 12.0. The van der Waals surface area contributed by atoms with Crippen molar-refractivity contribution in [1.29, 1.82) is 0 Å². The second-order valence-corrected chi connectivity index (χ2v) is 5.64. The van der Waals surface area contributed by atoms with Crippen molar-refractivity contribution >= 4 is 27.8 Å². The van der Waals surface area contributed by atoms with Crippen LogP contribution in [0.3, 0.4) is 0 Å². The molecular formula is C13H16BrNO3. The van der Waals surface area contributed by atoms with Gasteiger partial charge in [-0.2, -0.15) is 0 Å². The van der Waals surface area contributed by atoms with Gasteiger partial charge >= 0.3 is 5.97 Å². The molecule has 4 nitrogen and oxygen atoms in total. The van der Waals surface area contributed by atoms with Crippen LogP contribution < -0.4 is 5.32 Å². The molecule has 0 aliphatic carbocycles. The first-order valence-electron chi connectivity index (χ1n) is 5.52. The van der Waals surface area contributed by atoms with Gasteiger partial charge in [0.05, 0.1) is 5.41 Å². The van der Waals surface area contributed by atoms with Crippen LogP contribution in [-0.4, -0.2) is 23.5 Å². The van der Waals surface area contributed by atoms with E-state index in [0.29, 0.717) is 5.56 Å². The lowest BCUT2D eigenvalue weighted by molar-refractivity contribution is -0.146. The van der Waals surface area contributed by atoms with Gasteiger partial charge in [0, 0.05) is 16.6 Å². The summed E-state index contributed by atoms with van der Waals surface area (Å²) in [5, 5.41) is 11.6. The maximum Gasteiger partial charge on any atom is 0.310 e. The van der Waals surface area contributed by atoms with Crippen LogP contribution in [0.2, 0.25) is 0 Å². The average Bonchev–Trinajstić information content (AvgIpc) is 2.29. The van der Waals surface area contributed by atoms with Crippen LogP contribution in [-0.2, 0) is 4.79 Å².